The number of hydrogen-bond acceptors (Lipinski definition) is 2. The van der Waals surface area contributed by atoms with Crippen LogP contribution in [0.3, 0.4) is 0 Å². The van der Waals surface area contributed by atoms with Crippen LogP contribution in [0.1, 0.15) is 32.6 Å². The first-order chi connectivity index (χ1) is 8.58. The molecule has 0 heterocycles. The largest absolute Gasteiger partial charge is 0.480 e. The Morgan fingerprint density at radius 2 is 2.22 bits per heavy atom. The van der Waals surface area contributed by atoms with Crippen LogP contribution in [0.5, 0.6) is 0 Å². The molecule has 0 aromatic heterocycles. The molecule has 2 N–H and O–H groups in total. The molecule has 0 bridgehead atoms. The van der Waals surface area contributed by atoms with E-state index in [2.05, 4.69) is 11.2 Å². The molecule has 0 radical (unpaired) electrons. The molecule has 18 heavy (non-hydrogen) atoms. The summed E-state index contributed by atoms with van der Waals surface area (Å²) in [5, 5.41) is 11.5. The molecule has 0 aromatic rings. The molecule has 2 amide bonds. The lowest BCUT2D eigenvalue weighted by Gasteiger charge is -2.23. The Bertz CT molecular complexity index is 345. The summed E-state index contributed by atoms with van der Waals surface area (Å²) < 4.78 is 0. The first-order valence-corrected chi connectivity index (χ1v) is 6.30. The van der Waals surface area contributed by atoms with E-state index in [1.807, 2.05) is 6.92 Å². The van der Waals surface area contributed by atoms with Gasteiger partial charge in [-0.3, -0.25) is 0 Å². The normalized spacial score (nSPS) is 15.6. The maximum absolute atomic E-state index is 11.9. The van der Waals surface area contributed by atoms with E-state index in [1.165, 1.54) is 4.90 Å². The maximum Gasteiger partial charge on any atom is 0.326 e. The molecule has 0 spiro atoms. The fourth-order valence-corrected chi connectivity index (χ4v) is 1.73. The van der Waals surface area contributed by atoms with Crippen molar-refractivity contribution < 1.29 is 14.7 Å². The highest BCUT2D eigenvalue weighted by atomic mass is 16.4. The van der Waals surface area contributed by atoms with Crippen molar-refractivity contribution in [2.45, 2.75) is 38.6 Å². The van der Waals surface area contributed by atoms with Crippen LogP contribution in [-0.2, 0) is 4.79 Å². The Morgan fingerprint density at radius 3 is 2.67 bits per heavy atom. The monoisotopic (exact) mass is 252 g/mol. The number of urea groups is 1. The summed E-state index contributed by atoms with van der Waals surface area (Å²) >= 11 is 0. The van der Waals surface area contributed by atoms with Crippen LogP contribution >= 0.6 is 0 Å². The number of rotatable bonds is 7. The van der Waals surface area contributed by atoms with Gasteiger partial charge in [-0.2, -0.15) is 0 Å². The lowest BCUT2D eigenvalue weighted by atomic mass is 10.2. The molecule has 1 fully saturated rings. The zero-order valence-corrected chi connectivity index (χ0v) is 10.7. The number of hydrogen-bond donors (Lipinski definition) is 2. The van der Waals surface area contributed by atoms with Crippen LogP contribution in [0, 0.1) is 18.3 Å². The average Bonchev–Trinajstić information content (AvgIpc) is 3.11. The lowest BCUT2D eigenvalue weighted by molar-refractivity contribution is -0.139. The molecule has 1 atom stereocenters. The average molecular weight is 252 g/mol. The molecule has 1 rings (SSSR count). The van der Waals surface area contributed by atoms with Gasteiger partial charge >= 0.3 is 12.0 Å². The molecule has 1 aliphatic carbocycles. The summed E-state index contributed by atoms with van der Waals surface area (Å²) in [5.41, 5.74) is 0. The van der Waals surface area contributed by atoms with Crippen molar-refractivity contribution in [1.29, 1.82) is 0 Å². The summed E-state index contributed by atoms with van der Waals surface area (Å²) in [6.45, 7) is 2.72. The highest BCUT2D eigenvalue weighted by Crippen LogP contribution is 2.29. The van der Waals surface area contributed by atoms with Crippen molar-refractivity contribution >= 4 is 12.0 Å². The molecular weight excluding hydrogens is 232 g/mol. The van der Waals surface area contributed by atoms with Crippen molar-refractivity contribution in [2.24, 2.45) is 5.92 Å². The fourth-order valence-electron chi connectivity index (χ4n) is 1.73. The number of amides is 2. The van der Waals surface area contributed by atoms with Gasteiger partial charge in [0, 0.05) is 6.54 Å². The number of nitrogens with zero attached hydrogens (tertiary/aromatic N) is 1. The van der Waals surface area contributed by atoms with Gasteiger partial charge < -0.3 is 15.3 Å². The standard InChI is InChI=1S/C13H20N2O3/c1-3-5-11(12(16)17)14-13(18)15(8-4-2)9-10-6-7-10/h2,10-11H,3,5-9H2,1H3,(H,14,18)(H,16,17)/t11-/m0/s1. The van der Waals surface area contributed by atoms with Gasteiger partial charge in [0.25, 0.3) is 0 Å². The van der Waals surface area contributed by atoms with E-state index in [0.717, 1.165) is 12.8 Å². The topological polar surface area (TPSA) is 69.6 Å². The summed E-state index contributed by atoms with van der Waals surface area (Å²) in [4.78, 5) is 24.4. The Kier molecular flexibility index (Phi) is 5.50. The Balaban J connectivity index is 2.52. The fraction of sp³-hybridized carbons (Fsp3) is 0.692. The minimum Gasteiger partial charge on any atom is -0.480 e. The van der Waals surface area contributed by atoms with E-state index in [9.17, 15) is 9.59 Å². The van der Waals surface area contributed by atoms with Gasteiger partial charge in [-0.1, -0.05) is 19.3 Å². The van der Waals surface area contributed by atoms with Crippen LogP contribution < -0.4 is 5.32 Å². The predicted octanol–water partition coefficient (Wildman–Crippen LogP) is 1.29. The molecule has 0 aromatic carbocycles. The lowest BCUT2D eigenvalue weighted by Crippen LogP contribution is -2.48. The molecule has 5 nitrogen and oxygen atoms in total. The van der Waals surface area contributed by atoms with Gasteiger partial charge in [-0.25, -0.2) is 9.59 Å². The van der Waals surface area contributed by atoms with Crippen LogP contribution in [0.2, 0.25) is 0 Å². The van der Waals surface area contributed by atoms with Crippen LogP contribution in [0.4, 0.5) is 4.79 Å². The highest BCUT2D eigenvalue weighted by Gasteiger charge is 2.28. The number of carboxylic acid groups (broad SMARTS) is 1. The third-order valence-corrected chi connectivity index (χ3v) is 2.92. The van der Waals surface area contributed by atoms with Gasteiger partial charge in [-0.05, 0) is 25.2 Å². The van der Waals surface area contributed by atoms with E-state index < -0.39 is 12.0 Å². The predicted molar refractivity (Wildman–Crippen MR) is 68.0 cm³/mol. The number of carbonyl (C=O) groups excluding carboxylic acids is 1. The molecule has 0 unspecified atom stereocenters. The van der Waals surface area contributed by atoms with Crippen molar-refractivity contribution in [3.8, 4) is 12.3 Å². The van der Waals surface area contributed by atoms with E-state index >= 15 is 0 Å². The number of terminal acetylenes is 1. The van der Waals surface area contributed by atoms with Gasteiger partial charge in [0.1, 0.15) is 6.04 Å². The molecule has 0 aliphatic heterocycles. The van der Waals surface area contributed by atoms with Crippen LogP contribution in [0.25, 0.3) is 0 Å². The van der Waals surface area contributed by atoms with Crippen LogP contribution in [0.15, 0.2) is 0 Å². The number of aliphatic carboxylic acids is 1. The molecule has 1 aliphatic rings. The van der Waals surface area contributed by atoms with Gasteiger partial charge in [0.2, 0.25) is 0 Å². The van der Waals surface area contributed by atoms with E-state index in [0.29, 0.717) is 25.3 Å². The third-order valence-electron chi connectivity index (χ3n) is 2.92. The number of carbonyl (C=O) groups is 2. The second kappa shape index (κ2) is 6.90. The van der Waals surface area contributed by atoms with E-state index in [4.69, 9.17) is 11.5 Å². The SMILES string of the molecule is C#CCN(CC1CC1)C(=O)N[C@@H](CCC)C(=O)O. The van der Waals surface area contributed by atoms with Crippen molar-refractivity contribution in [3.63, 3.8) is 0 Å². The van der Waals surface area contributed by atoms with Crippen molar-refractivity contribution in [1.82, 2.24) is 10.2 Å². The molecule has 1 saturated carbocycles. The van der Waals surface area contributed by atoms with Gasteiger partial charge in [-0.15, -0.1) is 6.42 Å². The zero-order chi connectivity index (χ0) is 13.5. The number of carboxylic acids is 1. The minimum atomic E-state index is -1.00. The summed E-state index contributed by atoms with van der Waals surface area (Å²) in [6, 6.07) is -1.21. The van der Waals surface area contributed by atoms with Crippen molar-refractivity contribution in [2.75, 3.05) is 13.1 Å². The second-order valence-corrected chi connectivity index (χ2v) is 4.66. The minimum absolute atomic E-state index is 0.223. The Hall–Kier alpha value is -1.70. The summed E-state index contributed by atoms with van der Waals surface area (Å²) in [7, 11) is 0. The van der Waals surface area contributed by atoms with E-state index in [-0.39, 0.29) is 12.6 Å². The van der Waals surface area contributed by atoms with E-state index in [1.54, 1.807) is 0 Å². The molecule has 0 saturated heterocycles. The van der Waals surface area contributed by atoms with Gasteiger partial charge in [0.05, 0.1) is 6.54 Å². The first kappa shape index (κ1) is 14.4. The Morgan fingerprint density at radius 1 is 1.56 bits per heavy atom. The quantitative estimate of drug-likeness (QED) is 0.671. The smallest absolute Gasteiger partial charge is 0.326 e. The molecule has 5 heteroatoms. The van der Waals surface area contributed by atoms with Gasteiger partial charge in [0.15, 0.2) is 0 Å². The first-order valence-electron chi connectivity index (χ1n) is 6.30. The maximum atomic E-state index is 11.9. The third kappa shape index (κ3) is 4.66. The van der Waals surface area contributed by atoms with Crippen molar-refractivity contribution in [3.05, 3.63) is 0 Å². The second-order valence-electron chi connectivity index (χ2n) is 4.66. The van der Waals surface area contributed by atoms with Crippen LogP contribution in [-0.4, -0.2) is 41.1 Å². The zero-order valence-electron chi connectivity index (χ0n) is 10.7. The molecule has 100 valence electrons. The number of nitrogens with one attached hydrogen (secondary N) is 1. The summed E-state index contributed by atoms with van der Waals surface area (Å²) in [6.07, 6.45) is 8.59. The Labute approximate surface area is 108 Å². The summed E-state index contributed by atoms with van der Waals surface area (Å²) in [5.74, 6) is 1.96. The molecular formula is C13H20N2O3. The highest BCUT2D eigenvalue weighted by molar-refractivity contribution is 5.82.